The van der Waals surface area contributed by atoms with Crippen molar-refractivity contribution in [2.75, 3.05) is 0 Å². The Hall–Kier alpha value is -0.0400. The molecular weight excluding hydrogens is 160 g/mol. The fraction of sp³-hybridized carbons (Fsp3) is 0.889. The largest absolute Gasteiger partial charge is 0.281 e. The zero-order valence-corrected chi connectivity index (χ0v) is 7.31. The van der Waals surface area contributed by atoms with E-state index in [9.17, 15) is 4.79 Å². The molecule has 0 aliphatic heterocycles. The van der Waals surface area contributed by atoms with Gasteiger partial charge in [0.15, 0.2) is 0 Å². The fourth-order valence-electron chi connectivity index (χ4n) is 2.83. The van der Waals surface area contributed by atoms with Crippen LogP contribution in [0.15, 0.2) is 0 Å². The summed E-state index contributed by atoms with van der Waals surface area (Å²) >= 11 is 5.36. The highest BCUT2D eigenvalue weighted by molar-refractivity contribution is 6.63. The van der Waals surface area contributed by atoms with Gasteiger partial charge in [0.05, 0.1) is 0 Å². The Kier molecular flexibility index (Phi) is 1.92. The van der Waals surface area contributed by atoms with Gasteiger partial charge in [0.25, 0.3) is 0 Å². The van der Waals surface area contributed by atoms with Crippen LogP contribution < -0.4 is 0 Å². The van der Waals surface area contributed by atoms with Crippen molar-refractivity contribution in [3.63, 3.8) is 0 Å². The molecule has 2 saturated carbocycles. The summed E-state index contributed by atoms with van der Waals surface area (Å²) in [6.07, 6.45) is 6.01. The summed E-state index contributed by atoms with van der Waals surface area (Å²) in [7, 11) is 0. The molecule has 0 N–H and O–H groups in total. The number of halogens is 1. The van der Waals surface area contributed by atoms with Gasteiger partial charge < -0.3 is 0 Å². The summed E-state index contributed by atoms with van der Waals surface area (Å²) in [5.41, 5.74) is 0. The molecule has 0 aromatic heterocycles. The van der Waals surface area contributed by atoms with Gasteiger partial charge in [-0.25, -0.2) is 0 Å². The quantitative estimate of drug-likeness (QED) is 0.586. The maximum Gasteiger partial charge on any atom is 0.221 e. The molecular formula is C9H13ClO. The molecule has 62 valence electrons. The Bertz CT molecular complexity index is 178. The summed E-state index contributed by atoms with van der Waals surface area (Å²) in [5.74, 6) is 2.41. The minimum absolute atomic E-state index is 0.137. The Balaban J connectivity index is 1.92. The average molecular weight is 173 g/mol. The summed E-state index contributed by atoms with van der Waals surface area (Å²) in [5, 5.41) is -0.137. The monoisotopic (exact) mass is 172 g/mol. The molecule has 0 aromatic carbocycles. The van der Waals surface area contributed by atoms with E-state index < -0.39 is 0 Å². The van der Waals surface area contributed by atoms with E-state index in [0.717, 1.165) is 11.8 Å². The van der Waals surface area contributed by atoms with E-state index in [0.29, 0.717) is 12.3 Å². The van der Waals surface area contributed by atoms with Crippen molar-refractivity contribution in [3.8, 4) is 0 Å². The van der Waals surface area contributed by atoms with Crippen LogP contribution in [0.3, 0.4) is 0 Å². The maximum absolute atomic E-state index is 10.6. The summed E-state index contributed by atoms with van der Waals surface area (Å²) in [4.78, 5) is 10.6. The molecule has 0 amide bonds. The Morgan fingerprint density at radius 3 is 2.64 bits per heavy atom. The van der Waals surface area contributed by atoms with Crippen molar-refractivity contribution >= 4 is 16.8 Å². The first kappa shape index (κ1) is 7.60. The first-order valence-corrected chi connectivity index (χ1v) is 4.82. The molecule has 2 heteroatoms. The molecule has 0 radical (unpaired) electrons. The van der Waals surface area contributed by atoms with Crippen LogP contribution in [0.2, 0.25) is 0 Å². The van der Waals surface area contributed by atoms with Crippen molar-refractivity contribution in [3.05, 3.63) is 0 Å². The second kappa shape index (κ2) is 2.78. The van der Waals surface area contributed by atoms with E-state index in [1.807, 2.05) is 0 Å². The van der Waals surface area contributed by atoms with E-state index in [1.165, 1.54) is 25.7 Å². The van der Waals surface area contributed by atoms with E-state index in [4.69, 9.17) is 11.6 Å². The van der Waals surface area contributed by atoms with Crippen molar-refractivity contribution in [1.82, 2.24) is 0 Å². The highest BCUT2D eigenvalue weighted by atomic mass is 35.5. The standard InChI is InChI=1S/C9H13ClO/c10-9(11)5-8-4-6-1-2-7(8)3-6/h6-8H,1-5H2/t6-,7-,8-/m0/s1. The van der Waals surface area contributed by atoms with Crippen LogP contribution in [0.25, 0.3) is 0 Å². The lowest BCUT2D eigenvalue weighted by atomic mass is 9.87. The molecule has 0 saturated heterocycles. The van der Waals surface area contributed by atoms with Gasteiger partial charge in [0.2, 0.25) is 5.24 Å². The first-order chi connectivity index (χ1) is 5.25. The van der Waals surface area contributed by atoms with E-state index >= 15 is 0 Å². The highest BCUT2D eigenvalue weighted by Gasteiger charge is 2.39. The number of rotatable bonds is 2. The Labute approximate surface area is 72.1 Å². The van der Waals surface area contributed by atoms with Crippen LogP contribution >= 0.6 is 11.6 Å². The van der Waals surface area contributed by atoms with Gasteiger partial charge in [-0.1, -0.05) is 6.42 Å². The molecule has 0 aromatic rings. The number of carbonyl (C=O) groups is 1. The molecule has 2 fully saturated rings. The van der Waals surface area contributed by atoms with Crippen LogP contribution in [-0.4, -0.2) is 5.24 Å². The predicted octanol–water partition coefficient (Wildman–Crippen LogP) is 2.58. The molecule has 2 aliphatic rings. The lowest BCUT2D eigenvalue weighted by Gasteiger charge is -2.19. The summed E-state index contributed by atoms with van der Waals surface area (Å²) < 4.78 is 0. The predicted molar refractivity (Wildman–Crippen MR) is 44.4 cm³/mol. The number of hydrogen-bond acceptors (Lipinski definition) is 1. The molecule has 0 spiro atoms. The molecule has 2 aliphatic carbocycles. The third-order valence-electron chi connectivity index (χ3n) is 3.31. The van der Waals surface area contributed by atoms with Crippen LogP contribution in [-0.2, 0) is 4.79 Å². The lowest BCUT2D eigenvalue weighted by molar-refractivity contribution is -0.112. The van der Waals surface area contributed by atoms with E-state index in [1.54, 1.807) is 0 Å². The van der Waals surface area contributed by atoms with E-state index in [2.05, 4.69) is 0 Å². The lowest BCUT2D eigenvalue weighted by Crippen LogP contribution is -2.12. The van der Waals surface area contributed by atoms with Gasteiger partial charge in [0, 0.05) is 6.42 Å². The highest BCUT2D eigenvalue weighted by Crippen LogP contribution is 2.49. The SMILES string of the molecule is O=C(Cl)C[C@@H]1C[C@H]2CC[C@H]1C2. The van der Waals surface area contributed by atoms with Gasteiger partial charge in [-0.15, -0.1) is 0 Å². The Morgan fingerprint density at radius 1 is 1.36 bits per heavy atom. The van der Waals surface area contributed by atoms with Crippen molar-refractivity contribution in [1.29, 1.82) is 0 Å². The van der Waals surface area contributed by atoms with Crippen LogP contribution in [0, 0.1) is 17.8 Å². The first-order valence-electron chi connectivity index (χ1n) is 4.44. The number of hydrogen-bond donors (Lipinski definition) is 0. The second-order valence-electron chi connectivity index (χ2n) is 3.99. The molecule has 2 rings (SSSR count). The van der Waals surface area contributed by atoms with Gasteiger partial charge in [0.1, 0.15) is 0 Å². The van der Waals surface area contributed by atoms with Gasteiger partial charge in [-0.3, -0.25) is 4.79 Å². The van der Waals surface area contributed by atoms with E-state index in [-0.39, 0.29) is 5.24 Å². The zero-order valence-electron chi connectivity index (χ0n) is 6.55. The molecule has 11 heavy (non-hydrogen) atoms. The minimum atomic E-state index is -0.137. The van der Waals surface area contributed by atoms with Crippen molar-refractivity contribution in [2.24, 2.45) is 17.8 Å². The van der Waals surface area contributed by atoms with Gasteiger partial charge in [-0.05, 0) is 48.6 Å². The smallest absolute Gasteiger partial charge is 0.221 e. The van der Waals surface area contributed by atoms with Crippen LogP contribution in [0.1, 0.15) is 32.1 Å². The van der Waals surface area contributed by atoms with Crippen LogP contribution in [0.5, 0.6) is 0 Å². The van der Waals surface area contributed by atoms with Crippen LogP contribution in [0.4, 0.5) is 0 Å². The van der Waals surface area contributed by atoms with Gasteiger partial charge >= 0.3 is 0 Å². The van der Waals surface area contributed by atoms with Crippen molar-refractivity contribution in [2.45, 2.75) is 32.1 Å². The molecule has 3 atom stereocenters. The molecule has 0 unspecified atom stereocenters. The molecule has 0 heterocycles. The average Bonchev–Trinajstić information content (AvgIpc) is 2.45. The molecule has 1 nitrogen and oxygen atoms in total. The summed E-state index contributed by atoms with van der Waals surface area (Å²) in [6.45, 7) is 0. The number of carbonyl (C=O) groups excluding carboxylic acids is 1. The Morgan fingerprint density at radius 2 is 2.18 bits per heavy atom. The third-order valence-corrected chi connectivity index (χ3v) is 3.46. The maximum atomic E-state index is 10.6. The zero-order chi connectivity index (χ0) is 7.84. The van der Waals surface area contributed by atoms with Gasteiger partial charge in [-0.2, -0.15) is 0 Å². The summed E-state index contributed by atoms with van der Waals surface area (Å²) in [6, 6.07) is 0. The number of fused-ring (bicyclic) bond motifs is 2. The fourth-order valence-corrected chi connectivity index (χ4v) is 3.03. The molecule has 2 bridgehead atoms. The second-order valence-corrected chi connectivity index (χ2v) is 4.42. The third kappa shape index (κ3) is 1.44. The van der Waals surface area contributed by atoms with Crippen molar-refractivity contribution < 1.29 is 4.79 Å². The normalized spacial score (nSPS) is 41.4. The topological polar surface area (TPSA) is 17.1 Å². The minimum Gasteiger partial charge on any atom is -0.281 e.